The molecular weight excluding hydrogens is 472 g/mol. The molecule has 0 spiro atoms. The van der Waals surface area contributed by atoms with E-state index in [0.29, 0.717) is 5.56 Å². The monoisotopic (exact) mass is 496 g/mol. The largest absolute Gasteiger partial charge is 0.514 e. The number of carbonyl (C=O) groups excluding carboxylic acids is 2. The minimum absolute atomic E-state index is 0.0533. The second kappa shape index (κ2) is 11.2. The maximum absolute atomic E-state index is 12.0. The lowest BCUT2D eigenvalue weighted by atomic mass is 10.1. The molecular formula is C23H24N6O7. The highest BCUT2D eigenvalue weighted by atomic mass is 16.7. The van der Waals surface area contributed by atoms with Gasteiger partial charge in [0, 0.05) is 24.2 Å². The first-order chi connectivity index (χ1) is 17.0. The van der Waals surface area contributed by atoms with E-state index in [9.17, 15) is 19.7 Å². The van der Waals surface area contributed by atoms with Crippen molar-refractivity contribution in [2.75, 3.05) is 0 Å². The standard InChI is InChI=1S/C23H24N6O7/c1-14(34-22(31)35-18-11-9-17(10-12-18)29(32)33)19-25-27-20(28-26-19)16-7-5-15(6-8-16)13-24-21(30)36-23(2,3)4/h5-12,14H,13H2,1-4H3,(H,24,30). The normalized spacial score (nSPS) is 11.8. The molecule has 0 aliphatic heterocycles. The van der Waals surface area contributed by atoms with Crippen LogP contribution in [0, 0.1) is 10.1 Å². The molecule has 1 amide bonds. The molecule has 1 heterocycles. The van der Waals surface area contributed by atoms with Crippen LogP contribution in [0.5, 0.6) is 5.75 Å². The van der Waals surface area contributed by atoms with Gasteiger partial charge in [0.05, 0.1) is 4.92 Å². The summed E-state index contributed by atoms with van der Waals surface area (Å²) in [6.07, 6.45) is -2.46. The van der Waals surface area contributed by atoms with Gasteiger partial charge in [-0.05, 0) is 45.4 Å². The van der Waals surface area contributed by atoms with Crippen LogP contribution in [-0.2, 0) is 16.0 Å². The van der Waals surface area contributed by atoms with Crippen LogP contribution >= 0.6 is 0 Å². The summed E-state index contributed by atoms with van der Waals surface area (Å²) in [5.41, 5.74) is 0.777. The summed E-state index contributed by atoms with van der Waals surface area (Å²) < 4.78 is 15.3. The van der Waals surface area contributed by atoms with Crippen molar-refractivity contribution in [2.24, 2.45) is 0 Å². The Kier molecular flexibility index (Phi) is 8.04. The van der Waals surface area contributed by atoms with Gasteiger partial charge in [-0.15, -0.1) is 20.4 Å². The molecule has 1 N–H and O–H groups in total. The first-order valence-electron chi connectivity index (χ1n) is 10.8. The summed E-state index contributed by atoms with van der Waals surface area (Å²) >= 11 is 0. The number of benzene rings is 2. The van der Waals surface area contributed by atoms with Crippen molar-refractivity contribution >= 4 is 17.9 Å². The number of hydrogen-bond donors (Lipinski definition) is 1. The number of carbonyl (C=O) groups is 2. The van der Waals surface area contributed by atoms with Crippen molar-refractivity contribution in [2.45, 2.75) is 45.9 Å². The van der Waals surface area contributed by atoms with E-state index in [1.54, 1.807) is 45.0 Å². The number of nitrogens with zero attached hydrogens (tertiary/aromatic N) is 5. The molecule has 1 aromatic heterocycles. The lowest BCUT2D eigenvalue weighted by molar-refractivity contribution is -0.384. The van der Waals surface area contributed by atoms with E-state index < -0.39 is 28.9 Å². The number of alkyl carbamates (subject to hydrolysis) is 1. The second-order valence-corrected chi connectivity index (χ2v) is 8.50. The first kappa shape index (κ1) is 25.9. The van der Waals surface area contributed by atoms with E-state index in [1.807, 2.05) is 0 Å². The van der Waals surface area contributed by atoms with Crippen LogP contribution in [0.2, 0.25) is 0 Å². The van der Waals surface area contributed by atoms with Crippen LogP contribution in [0.15, 0.2) is 48.5 Å². The molecule has 1 atom stereocenters. The van der Waals surface area contributed by atoms with Gasteiger partial charge in [-0.25, -0.2) is 9.59 Å². The van der Waals surface area contributed by atoms with Crippen LogP contribution in [0.4, 0.5) is 15.3 Å². The Balaban J connectivity index is 1.53. The third kappa shape index (κ3) is 7.68. The summed E-state index contributed by atoms with van der Waals surface area (Å²) in [7, 11) is 0. The topological polar surface area (TPSA) is 169 Å². The fourth-order valence-electron chi connectivity index (χ4n) is 2.73. The summed E-state index contributed by atoms with van der Waals surface area (Å²) in [5.74, 6) is 0.388. The van der Waals surface area contributed by atoms with Gasteiger partial charge < -0.3 is 19.5 Å². The van der Waals surface area contributed by atoms with Crippen LogP contribution in [0.3, 0.4) is 0 Å². The molecule has 1 unspecified atom stereocenters. The summed E-state index contributed by atoms with van der Waals surface area (Å²) in [5, 5.41) is 29.3. The van der Waals surface area contributed by atoms with Crippen LogP contribution in [-0.4, -0.2) is 43.2 Å². The van der Waals surface area contributed by atoms with Crippen molar-refractivity contribution in [3.63, 3.8) is 0 Å². The SMILES string of the molecule is CC(OC(=O)Oc1ccc([N+](=O)[O-])cc1)c1nnc(-c2ccc(CNC(=O)OC(C)(C)C)cc2)nn1. The predicted molar refractivity (Wildman–Crippen MR) is 125 cm³/mol. The second-order valence-electron chi connectivity index (χ2n) is 8.50. The van der Waals surface area contributed by atoms with E-state index in [1.165, 1.54) is 31.2 Å². The molecule has 0 radical (unpaired) electrons. The number of aromatic nitrogens is 4. The summed E-state index contributed by atoms with van der Waals surface area (Å²) in [6.45, 7) is 7.16. The number of rotatable bonds is 7. The van der Waals surface area contributed by atoms with Gasteiger partial charge in [-0.3, -0.25) is 10.1 Å². The maximum Gasteiger partial charge on any atom is 0.514 e. The highest BCUT2D eigenvalue weighted by molar-refractivity contribution is 5.67. The first-order valence-corrected chi connectivity index (χ1v) is 10.8. The molecule has 0 saturated carbocycles. The number of non-ortho nitro benzene ring substituents is 1. The van der Waals surface area contributed by atoms with E-state index in [2.05, 4.69) is 25.7 Å². The third-order valence-electron chi connectivity index (χ3n) is 4.43. The lowest BCUT2D eigenvalue weighted by Crippen LogP contribution is -2.32. The van der Waals surface area contributed by atoms with Gasteiger partial charge in [0.1, 0.15) is 11.4 Å². The van der Waals surface area contributed by atoms with E-state index in [-0.39, 0.29) is 29.6 Å². The Hall–Kier alpha value is -4.68. The molecule has 13 heteroatoms. The van der Waals surface area contributed by atoms with E-state index in [4.69, 9.17) is 14.2 Å². The smallest absolute Gasteiger partial charge is 0.444 e. The molecule has 0 saturated heterocycles. The maximum atomic E-state index is 12.0. The van der Waals surface area contributed by atoms with Crippen molar-refractivity contribution in [3.8, 4) is 17.1 Å². The Morgan fingerprint density at radius 2 is 1.61 bits per heavy atom. The van der Waals surface area contributed by atoms with Gasteiger partial charge in [0.15, 0.2) is 6.10 Å². The highest BCUT2D eigenvalue weighted by Crippen LogP contribution is 2.20. The quantitative estimate of drug-likeness (QED) is 0.216. The Bertz CT molecular complexity index is 1210. The zero-order valence-corrected chi connectivity index (χ0v) is 20.0. The van der Waals surface area contributed by atoms with Gasteiger partial charge in [0.25, 0.3) is 5.69 Å². The van der Waals surface area contributed by atoms with Crippen molar-refractivity contribution in [3.05, 3.63) is 70.0 Å². The minimum Gasteiger partial charge on any atom is -0.444 e. The van der Waals surface area contributed by atoms with Crippen LogP contribution in [0.25, 0.3) is 11.4 Å². The van der Waals surface area contributed by atoms with Gasteiger partial charge in [-0.1, -0.05) is 24.3 Å². The molecule has 188 valence electrons. The molecule has 3 aromatic rings. The number of nitrogens with one attached hydrogen (secondary N) is 1. The molecule has 0 aliphatic carbocycles. The Morgan fingerprint density at radius 3 is 2.17 bits per heavy atom. The van der Waals surface area contributed by atoms with E-state index in [0.717, 1.165) is 5.56 Å². The predicted octanol–water partition coefficient (Wildman–Crippen LogP) is 4.14. The number of ether oxygens (including phenoxy) is 3. The zero-order chi connectivity index (χ0) is 26.3. The van der Waals surface area contributed by atoms with Gasteiger partial charge >= 0.3 is 12.2 Å². The molecule has 2 aromatic carbocycles. The van der Waals surface area contributed by atoms with Crippen LogP contribution < -0.4 is 10.1 Å². The molecule has 0 aliphatic rings. The summed E-state index contributed by atoms with van der Waals surface area (Å²) in [6, 6.07) is 12.1. The molecule has 3 rings (SSSR count). The van der Waals surface area contributed by atoms with E-state index >= 15 is 0 Å². The number of hydrogen-bond acceptors (Lipinski definition) is 11. The van der Waals surface area contributed by atoms with Crippen molar-refractivity contribution in [1.29, 1.82) is 0 Å². The third-order valence-corrected chi connectivity index (χ3v) is 4.43. The molecule has 0 fully saturated rings. The fourth-order valence-corrected chi connectivity index (χ4v) is 2.73. The van der Waals surface area contributed by atoms with Crippen molar-refractivity contribution in [1.82, 2.24) is 25.7 Å². The molecule has 0 bridgehead atoms. The van der Waals surface area contributed by atoms with Crippen LogP contribution in [0.1, 0.15) is 45.2 Å². The zero-order valence-electron chi connectivity index (χ0n) is 20.0. The average Bonchev–Trinajstić information content (AvgIpc) is 2.82. The lowest BCUT2D eigenvalue weighted by Gasteiger charge is -2.19. The Labute approximate surface area is 206 Å². The van der Waals surface area contributed by atoms with Gasteiger partial charge in [0.2, 0.25) is 11.6 Å². The minimum atomic E-state index is -1.04. The summed E-state index contributed by atoms with van der Waals surface area (Å²) in [4.78, 5) is 33.9. The number of amides is 1. The molecule has 13 nitrogen and oxygen atoms in total. The van der Waals surface area contributed by atoms with Crippen molar-refractivity contribution < 1.29 is 28.7 Å². The fraction of sp³-hybridized carbons (Fsp3) is 0.304. The molecule has 36 heavy (non-hydrogen) atoms. The average molecular weight is 496 g/mol. The number of nitro benzene ring substituents is 1. The highest BCUT2D eigenvalue weighted by Gasteiger charge is 2.19. The van der Waals surface area contributed by atoms with Gasteiger partial charge in [-0.2, -0.15) is 0 Å². The Morgan fingerprint density at radius 1 is 1.00 bits per heavy atom. The number of nitro groups is 1.